The molecule has 0 saturated heterocycles. The van der Waals surface area contributed by atoms with Crippen LogP contribution in [0.15, 0.2) is 53.9 Å². The molecule has 4 rings (SSSR count). The van der Waals surface area contributed by atoms with Crippen molar-refractivity contribution in [1.82, 2.24) is 4.98 Å². The van der Waals surface area contributed by atoms with Gasteiger partial charge in [-0.1, -0.05) is 24.3 Å². The van der Waals surface area contributed by atoms with Crippen molar-refractivity contribution in [3.05, 3.63) is 59.7 Å². The molecule has 3 aromatic rings. The second-order valence-corrected chi connectivity index (χ2v) is 6.70. The molecule has 0 spiro atoms. The van der Waals surface area contributed by atoms with Gasteiger partial charge in [-0.25, -0.2) is 9.37 Å². The third-order valence-corrected chi connectivity index (χ3v) is 4.71. The first-order chi connectivity index (χ1) is 12.6. The van der Waals surface area contributed by atoms with Gasteiger partial charge in [0.25, 0.3) is 5.91 Å². The Morgan fingerprint density at radius 2 is 1.92 bits per heavy atom. The van der Waals surface area contributed by atoms with Crippen LogP contribution in [0.1, 0.15) is 6.92 Å². The molecule has 1 aromatic heterocycles. The molecule has 1 aliphatic rings. The lowest BCUT2D eigenvalue weighted by Gasteiger charge is -2.30. The number of carbonyl (C=O) groups is 1. The van der Waals surface area contributed by atoms with E-state index in [1.165, 1.54) is 23.5 Å². The first-order valence-electron chi connectivity index (χ1n) is 8.05. The number of para-hydroxylation sites is 2. The maximum Gasteiger partial charge on any atom is 0.271 e. The number of thiazole rings is 1. The standard InChI is InChI=1S/C19H15FN2O3S/c1-11-17(25-16-8-3-2-7-15(16)24-11)18(23)22-19-21-14(10-26-19)12-5-4-6-13(20)9-12/h2-11,17H,1H3,(H,21,22,23). The van der Waals surface area contributed by atoms with Crippen molar-refractivity contribution >= 4 is 22.4 Å². The predicted molar refractivity (Wildman–Crippen MR) is 97.1 cm³/mol. The maximum absolute atomic E-state index is 13.4. The Labute approximate surface area is 153 Å². The Morgan fingerprint density at radius 1 is 1.15 bits per heavy atom. The fourth-order valence-electron chi connectivity index (χ4n) is 2.69. The monoisotopic (exact) mass is 370 g/mol. The second kappa shape index (κ2) is 6.76. The van der Waals surface area contributed by atoms with Gasteiger partial charge in [-0.05, 0) is 31.2 Å². The van der Waals surface area contributed by atoms with Crippen LogP contribution in [-0.4, -0.2) is 23.1 Å². The van der Waals surface area contributed by atoms with Crippen molar-refractivity contribution in [2.75, 3.05) is 5.32 Å². The summed E-state index contributed by atoms with van der Waals surface area (Å²) in [5.41, 5.74) is 1.25. The number of nitrogens with one attached hydrogen (secondary N) is 1. The molecule has 5 nitrogen and oxygen atoms in total. The molecule has 26 heavy (non-hydrogen) atoms. The van der Waals surface area contributed by atoms with Crippen LogP contribution in [-0.2, 0) is 4.79 Å². The Hall–Kier alpha value is -2.93. The lowest BCUT2D eigenvalue weighted by atomic mass is 10.1. The average molecular weight is 370 g/mol. The summed E-state index contributed by atoms with van der Waals surface area (Å²) < 4.78 is 24.9. The molecule has 7 heteroatoms. The SMILES string of the molecule is CC1Oc2ccccc2OC1C(=O)Nc1nc(-c2cccc(F)c2)cs1. The molecular formula is C19H15FN2O3S. The van der Waals surface area contributed by atoms with Gasteiger partial charge < -0.3 is 9.47 Å². The Balaban J connectivity index is 1.49. The third-order valence-electron chi connectivity index (χ3n) is 3.96. The summed E-state index contributed by atoms with van der Waals surface area (Å²) in [6, 6.07) is 13.4. The van der Waals surface area contributed by atoms with E-state index in [1.807, 2.05) is 12.1 Å². The molecule has 0 aliphatic carbocycles. The van der Waals surface area contributed by atoms with Gasteiger partial charge in [0.1, 0.15) is 11.9 Å². The van der Waals surface area contributed by atoms with Crippen LogP contribution in [0.4, 0.5) is 9.52 Å². The van der Waals surface area contributed by atoms with Crippen molar-refractivity contribution in [2.45, 2.75) is 19.1 Å². The number of hydrogen-bond donors (Lipinski definition) is 1. The normalized spacial score (nSPS) is 18.4. The van der Waals surface area contributed by atoms with Crippen molar-refractivity contribution in [3.63, 3.8) is 0 Å². The van der Waals surface area contributed by atoms with Gasteiger partial charge in [0, 0.05) is 10.9 Å². The number of aromatic nitrogens is 1. The average Bonchev–Trinajstić information content (AvgIpc) is 3.09. The molecule has 2 heterocycles. The van der Waals surface area contributed by atoms with Crippen LogP contribution in [0.25, 0.3) is 11.3 Å². The van der Waals surface area contributed by atoms with E-state index in [0.29, 0.717) is 27.9 Å². The number of amides is 1. The highest BCUT2D eigenvalue weighted by Gasteiger charge is 2.34. The molecule has 2 aromatic carbocycles. The summed E-state index contributed by atoms with van der Waals surface area (Å²) in [4.78, 5) is 16.9. The zero-order valence-corrected chi connectivity index (χ0v) is 14.6. The first kappa shape index (κ1) is 16.5. The second-order valence-electron chi connectivity index (χ2n) is 5.85. The van der Waals surface area contributed by atoms with E-state index < -0.39 is 12.2 Å². The van der Waals surface area contributed by atoms with E-state index in [-0.39, 0.29) is 11.7 Å². The van der Waals surface area contributed by atoms with Gasteiger partial charge in [-0.2, -0.15) is 0 Å². The molecule has 0 radical (unpaired) electrons. The summed E-state index contributed by atoms with van der Waals surface area (Å²) in [5.74, 6) is 0.477. The largest absolute Gasteiger partial charge is 0.482 e. The number of benzene rings is 2. The fourth-order valence-corrected chi connectivity index (χ4v) is 3.42. The molecule has 0 fully saturated rings. The Kier molecular flexibility index (Phi) is 4.30. The molecular weight excluding hydrogens is 355 g/mol. The highest BCUT2D eigenvalue weighted by Crippen LogP contribution is 2.34. The van der Waals surface area contributed by atoms with Gasteiger partial charge in [-0.15, -0.1) is 11.3 Å². The number of hydrogen-bond acceptors (Lipinski definition) is 5. The van der Waals surface area contributed by atoms with Crippen LogP contribution in [0.2, 0.25) is 0 Å². The molecule has 0 saturated carbocycles. The summed E-state index contributed by atoms with van der Waals surface area (Å²) in [7, 11) is 0. The van der Waals surface area contributed by atoms with Crippen LogP contribution in [0.5, 0.6) is 11.5 Å². The Morgan fingerprint density at radius 3 is 2.69 bits per heavy atom. The van der Waals surface area contributed by atoms with E-state index in [2.05, 4.69) is 10.3 Å². The van der Waals surface area contributed by atoms with Crippen LogP contribution >= 0.6 is 11.3 Å². The minimum absolute atomic E-state index is 0.332. The minimum atomic E-state index is -0.786. The van der Waals surface area contributed by atoms with E-state index >= 15 is 0 Å². The zero-order valence-electron chi connectivity index (χ0n) is 13.8. The van der Waals surface area contributed by atoms with Gasteiger partial charge in [0.05, 0.1) is 5.69 Å². The van der Waals surface area contributed by atoms with Crippen LogP contribution < -0.4 is 14.8 Å². The van der Waals surface area contributed by atoms with E-state index in [1.54, 1.807) is 36.6 Å². The number of nitrogens with zero attached hydrogens (tertiary/aromatic N) is 1. The predicted octanol–water partition coefficient (Wildman–Crippen LogP) is 4.12. The maximum atomic E-state index is 13.4. The lowest BCUT2D eigenvalue weighted by molar-refractivity contribution is -0.128. The number of ether oxygens (including phenoxy) is 2. The molecule has 0 bridgehead atoms. The first-order valence-corrected chi connectivity index (χ1v) is 8.93. The van der Waals surface area contributed by atoms with E-state index in [4.69, 9.17) is 9.47 Å². The molecule has 132 valence electrons. The number of anilines is 1. The van der Waals surface area contributed by atoms with Gasteiger partial charge >= 0.3 is 0 Å². The third kappa shape index (κ3) is 3.25. The summed E-state index contributed by atoms with van der Waals surface area (Å²) in [5, 5.41) is 4.93. The number of halogens is 1. The number of fused-ring (bicyclic) bond motifs is 1. The summed E-state index contributed by atoms with van der Waals surface area (Å²) >= 11 is 1.27. The van der Waals surface area contributed by atoms with Crippen molar-refractivity contribution < 1.29 is 18.7 Å². The Bertz CT molecular complexity index is 959. The van der Waals surface area contributed by atoms with E-state index in [9.17, 15) is 9.18 Å². The number of rotatable bonds is 3. The topological polar surface area (TPSA) is 60.5 Å². The smallest absolute Gasteiger partial charge is 0.271 e. The zero-order chi connectivity index (χ0) is 18.1. The highest BCUT2D eigenvalue weighted by atomic mass is 32.1. The quantitative estimate of drug-likeness (QED) is 0.754. The van der Waals surface area contributed by atoms with Crippen molar-refractivity contribution in [3.8, 4) is 22.8 Å². The summed E-state index contributed by atoms with van der Waals surface area (Å²) in [6.45, 7) is 1.78. The highest BCUT2D eigenvalue weighted by molar-refractivity contribution is 7.14. The van der Waals surface area contributed by atoms with Crippen molar-refractivity contribution in [2.24, 2.45) is 0 Å². The number of carbonyl (C=O) groups excluding carboxylic acids is 1. The van der Waals surface area contributed by atoms with E-state index in [0.717, 1.165) is 0 Å². The van der Waals surface area contributed by atoms with Gasteiger partial charge in [0.15, 0.2) is 16.6 Å². The van der Waals surface area contributed by atoms with Crippen LogP contribution in [0, 0.1) is 5.82 Å². The molecule has 1 amide bonds. The van der Waals surface area contributed by atoms with Crippen molar-refractivity contribution in [1.29, 1.82) is 0 Å². The molecule has 1 aliphatic heterocycles. The van der Waals surface area contributed by atoms with Gasteiger partial charge in [0.2, 0.25) is 6.10 Å². The molecule has 2 atom stereocenters. The van der Waals surface area contributed by atoms with Crippen LogP contribution in [0.3, 0.4) is 0 Å². The molecule has 2 unspecified atom stereocenters. The molecule has 1 N–H and O–H groups in total. The fraction of sp³-hybridized carbons (Fsp3) is 0.158. The lowest BCUT2D eigenvalue weighted by Crippen LogP contribution is -2.46. The minimum Gasteiger partial charge on any atom is -0.482 e. The van der Waals surface area contributed by atoms with Gasteiger partial charge in [-0.3, -0.25) is 10.1 Å². The summed E-state index contributed by atoms with van der Waals surface area (Å²) in [6.07, 6.45) is -1.22.